The van der Waals surface area contributed by atoms with Gasteiger partial charge in [0.1, 0.15) is 11.5 Å². The molecule has 0 radical (unpaired) electrons. The first-order valence-electron chi connectivity index (χ1n) is 6.93. The fourth-order valence-electron chi connectivity index (χ4n) is 2.53. The first-order valence-corrected chi connectivity index (χ1v) is 8.76. The number of carbonyl (C=O) groups excluding carboxylic acids is 1. The first-order chi connectivity index (χ1) is 10.4. The number of pyridine rings is 1. The summed E-state index contributed by atoms with van der Waals surface area (Å²) in [7, 11) is -3.02. The number of sulfone groups is 1. The number of hydrogen-bond acceptors (Lipinski definition) is 5. The summed E-state index contributed by atoms with van der Waals surface area (Å²) in [6.07, 6.45) is 2.05. The number of nitrogens with one attached hydrogen (secondary N) is 1. The average molecular weight is 320 g/mol. The topological polar surface area (TPSA) is 94.0 Å². The van der Waals surface area contributed by atoms with Crippen molar-refractivity contribution < 1.29 is 13.2 Å². The molecule has 2 aromatic rings. The van der Waals surface area contributed by atoms with E-state index in [-0.39, 0.29) is 23.5 Å². The van der Waals surface area contributed by atoms with Crippen LogP contribution in [0.3, 0.4) is 0 Å². The monoisotopic (exact) mass is 320 g/mol. The van der Waals surface area contributed by atoms with Crippen LogP contribution in [0.4, 0.5) is 5.82 Å². The Morgan fingerprint density at radius 3 is 2.86 bits per heavy atom. The summed E-state index contributed by atoms with van der Waals surface area (Å²) >= 11 is 0. The van der Waals surface area contributed by atoms with Gasteiger partial charge in [0.2, 0.25) is 0 Å². The first kappa shape index (κ1) is 14.7. The van der Waals surface area contributed by atoms with E-state index in [1.54, 1.807) is 42.1 Å². The van der Waals surface area contributed by atoms with Crippen LogP contribution in [0.25, 0.3) is 0 Å². The molecule has 1 amide bonds. The Balaban J connectivity index is 1.84. The predicted octanol–water partition coefficient (Wildman–Crippen LogP) is 1.20. The third-order valence-corrected chi connectivity index (χ3v) is 5.30. The number of anilines is 1. The van der Waals surface area contributed by atoms with Gasteiger partial charge in [0, 0.05) is 12.3 Å². The van der Waals surface area contributed by atoms with Crippen LogP contribution < -0.4 is 5.32 Å². The van der Waals surface area contributed by atoms with E-state index in [2.05, 4.69) is 15.4 Å². The van der Waals surface area contributed by atoms with Crippen LogP contribution in [0.1, 0.15) is 28.6 Å². The molecule has 1 unspecified atom stereocenters. The smallest absolute Gasteiger partial charge is 0.275 e. The van der Waals surface area contributed by atoms with Crippen molar-refractivity contribution in [3.05, 3.63) is 41.9 Å². The number of carbonyl (C=O) groups is 1. The highest BCUT2D eigenvalue weighted by Gasteiger charge is 2.31. The zero-order valence-electron chi connectivity index (χ0n) is 12.1. The largest absolute Gasteiger partial charge is 0.305 e. The fourth-order valence-corrected chi connectivity index (χ4v) is 4.23. The standard InChI is InChI=1S/C14H16N4O3S/c1-10-8-13(16-14(19)12-4-2-3-6-15-12)18(17-10)11-5-7-22(20,21)9-11/h2-4,6,8,11H,5,7,9H2,1H3,(H,16,19). The lowest BCUT2D eigenvalue weighted by Gasteiger charge is -2.13. The highest BCUT2D eigenvalue weighted by Crippen LogP contribution is 2.27. The van der Waals surface area contributed by atoms with Crippen molar-refractivity contribution in [3.63, 3.8) is 0 Å². The van der Waals surface area contributed by atoms with Crippen LogP contribution in [-0.4, -0.2) is 40.6 Å². The third-order valence-electron chi connectivity index (χ3n) is 3.55. The molecule has 22 heavy (non-hydrogen) atoms. The lowest BCUT2D eigenvalue weighted by atomic mass is 10.3. The average Bonchev–Trinajstić information content (AvgIpc) is 3.02. The molecule has 2 aromatic heterocycles. The fraction of sp³-hybridized carbons (Fsp3) is 0.357. The second kappa shape index (κ2) is 5.53. The van der Waals surface area contributed by atoms with Gasteiger partial charge in [-0.3, -0.25) is 9.78 Å². The molecule has 1 aliphatic heterocycles. The highest BCUT2D eigenvalue weighted by molar-refractivity contribution is 7.91. The van der Waals surface area contributed by atoms with E-state index in [9.17, 15) is 13.2 Å². The lowest BCUT2D eigenvalue weighted by molar-refractivity contribution is 0.102. The molecule has 1 N–H and O–H groups in total. The summed E-state index contributed by atoms with van der Waals surface area (Å²) in [6, 6.07) is 6.56. The maximum absolute atomic E-state index is 12.2. The number of aromatic nitrogens is 3. The minimum absolute atomic E-state index is 0.0561. The zero-order chi connectivity index (χ0) is 15.7. The maximum Gasteiger partial charge on any atom is 0.275 e. The van der Waals surface area contributed by atoms with E-state index in [0.29, 0.717) is 17.9 Å². The van der Waals surface area contributed by atoms with E-state index in [0.717, 1.165) is 5.69 Å². The number of nitrogens with zero attached hydrogens (tertiary/aromatic N) is 3. The number of rotatable bonds is 3. The van der Waals surface area contributed by atoms with Crippen molar-refractivity contribution in [2.75, 3.05) is 16.8 Å². The van der Waals surface area contributed by atoms with Gasteiger partial charge in [-0.15, -0.1) is 0 Å². The Hall–Kier alpha value is -2.22. The summed E-state index contributed by atoms with van der Waals surface area (Å²) in [5.41, 5.74) is 1.02. The van der Waals surface area contributed by atoms with Gasteiger partial charge in [0.25, 0.3) is 5.91 Å². The summed E-state index contributed by atoms with van der Waals surface area (Å²) in [6.45, 7) is 1.80. The van der Waals surface area contributed by atoms with Crippen molar-refractivity contribution >= 4 is 21.6 Å². The molecule has 3 heterocycles. The molecule has 0 saturated carbocycles. The second-order valence-electron chi connectivity index (χ2n) is 5.34. The molecular weight excluding hydrogens is 304 g/mol. The van der Waals surface area contributed by atoms with Crippen LogP contribution in [-0.2, 0) is 9.84 Å². The lowest BCUT2D eigenvalue weighted by Crippen LogP contribution is -2.20. The minimum atomic E-state index is -3.02. The van der Waals surface area contributed by atoms with Gasteiger partial charge in [-0.25, -0.2) is 13.1 Å². The van der Waals surface area contributed by atoms with Crippen LogP contribution in [0.15, 0.2) is 30.5 Å². The number of hydrogen-bond donors (Lipinski definition) is 1. The molecule has 7 nitrogen and oxygen atoms in total. The van der Waals surface area contributed by atoms with Crippen LogP contribution >= 0.6 is 0 Å². The van der Waals surface area contributed by atoms with Crippen LogP contribution in [0.5, 0.6) is 0 Å². The van der Waals surface area contributed by atoms with E-state index in [4.69, 9.17) is 0 Å². The maximum atomic E-state index is 12.2. The predicted molar refractivity (Wildman–Crippen MR) is 81.5 cm³/mol. The van der Waals surface area contributed by atoms with Crippen molar-refractivity contribution in [2.24, 2.45) is 0 Å². The SMILES string of the molecule is Cc1cc(NC(=O)c2ccccn2)n(C2CCS(=O)(=O)C2)n1. The minimum Gasteiger partial charge on any atom is -0.305 e. The molecule has 116 valence electrons. The molecule has 0 aromatic carbocycles. The van der Waals surface area contributed by atoms with Crippen molar-refractivity contribution in [3.8, 4) is 0 Å². The molecule has 1 saturated heterocycles. The Labute approximate surface area is 128 Å². The van der Waals surface area contributed by atoms with Gasteiger partial charge in [-0.2, -0.15) is 5.10 Å². The van der Waals surface area contributed by atoms with E-state index in [1.807, 2.05) is 0 Å². The van der Waals surface area contributed by atoms with E-state index >= 15 is 0 Å². The molecule has 1 fully saturated rings. The highest BCUT2D eigenvalue weighted by atomic mass is 32.2. The molecule has 0 aliphatic carbocycles. The van der Waals surface area contributed by atoms with Crippen LogP contribution in [0, 0.1) is 6.92 Å². The molecule has 3 rings (SSSR count). The van der Waals surface area contributed by atoms with Gasteiger partial charge in [0.15, 0.2) is 9.84 Å². The molecule has 0 bridgehead atoms. The molecule has 8 heteroatoms. The van der Waals surface area contributed by atoms with Gasteiger partial charge >= 0.3 is 0 Å². The Morgan fingerprint density at radius 2 is 2.23 bits per heavy atom. The van der Waals surface area contributed by atoms with E-state index < -0.39 is 9.84 Å². The number of aryl methyl sites for hydroxylation is 1. The van der Waals surface area contributed by atoms with Gasteiger partial charge in [-0.05, 0) is 25.5 Å². The summed E-state index contributed by atoms with van der Waals surface area (Å²) < 4.78 is 24.9. The van der Waals surface area contributed by atoms with Crippen molar-refractivity contribution in [2.45, 2.75) is 19.4 Å². The molecule has 1 atom stereocenters. The normalized spacial score (nSPS) is 20.0. The Kier molecular flexibility index (Phi) is 3.69. The zero-order valence-corrected chi connectivity index (χ0v) is 12.9. The third kappa shape index (κ3) is 3.01. The van der Waals surface area contributed by atoms with E-state index in [1.165, 1.54) is 0 Å². The number of amides is 1. The van der Waals surface area contributed by atoms with Gasteiger partial charge in [-0.1, -0.05) is 6.07 Å². The van der Waals surface area contributed by atoms with Gasteiger partial charge < -0.3 is 5.32 Å². The summed E-state index contributed by atoms with van der Waals surface area (Å²) in [5, 5.41) is 7.08. The molecular formula is C14H16N4O3S. The second-order valence-corrected chi connectivity index (χ2v) is 7.57. The van der Waals surface area contributed by atoms with Crippen molar-refractivity contribution in [1.29, 1.82) is 0 Å². The van der Waals surface area contributed by atoms with Gasteiger partial charge in [0.05, 0.1) is 23.2 Å². The molecule has 1 aliphatic rings. The quantitative estimate of drug-likeness (QED) is 0.917. The summed E-state index contributed by atoms with van der Waals surface area (Å²) in [4.78, 5) is 16.2. The van der Waals surface area contributed by atoms with Crippen molar-refractivity contribution in [1.82, 2.24) is 14.8 Å². The summed E-state index contributed by atoms with van der Waals surface area (Å²) in [5.74, 6) is 0.364. The molecule has 0 spiro atoms. The Bertz CT molecular complexity index is 799. The Morgan fingerprint density at radius 1 is 1.41 bits per heavy atom. The van der Waals surface area contributed by atoms with Crippen LogP contribution in [0.2, 0.25) is 0 Å².